The van der Waals surface area contributed by atoms with E-state index in [0.29, 0.717) is 18.1 Å². The number of aryl methyl sites for hydroxylation is 1. The summed E-state index contributed by atoms with van der Waals surface area (Å²) in [7, 11) is -3.81. The van der Waals surface area contributed by atoms with E-state index in [1.807, 2.05) is 0 Å². The highest BCUT2D eigenvalue weighted by molar-refractivity contribution is 7.89. The second-order valence-electron chi connectivity index (χ2n) is 5.24. The third kappa shape index (κ3) is 3.58. The molecule has 0 unspecified atom stereocenters. The molecule has 0 spiro atoms. The van der Waals surface area contributed by atoms with Crippen LogP contribution in [0.4, 0.5) is 0 Å². The fraction of sp³-hybridized carbons (Fsp3) is 0.500. The van der Waals surface area contributed by atoms with Crippen LogP contribution in [-0.4, -0.2) is 21.0 Å². The summed E-state index contributed by atoms with van der Waals surface area (Å²) in [5, 5.41) is 5.06. The lowest BCUT2D eigenvalue weighted by molar-refractivity contribution is 0.0463. The highest BCUT2D eigenvalue weighted by atomic mass is 32.2. The summed E-state index contributed by atoms with van der Waals surface area (Å²) in [5.74, 6) is 0.173. The Balaban J connectivity index is 2.04. The van der Waals surface area contributed by atoms with Crippen LogP contribution in [0.15, 0.2) is 23.1 Å². The molecule has 0 heterocycles. The average Bonchev–Trinajstić information content (AvgIpc) is 2.31. The monoisotopic (exact) mass is 297 g/mol. The van der Waals surface area contributed by atoms with Crippen LogP contribution in [-0.2, 0) is 14.8 Å². The maximum atomic E-state index is 12.0. The average molecular weight is 297 g/mol. The molecule has 0 amide bonds. The summed E-state index contributed by atoms with van der Waals surface area (Å²) in [6.45, 7) is 2.11. The van der Waals surface area contributed by atoms with Crippen LogP contribution in [0.25, 0.3) is 0 Å². The molecule has 6 heteroatoms. The predicted octanol–water partition coefficient (Wildman–Crippen LogP) is 1.99. The third-order valence-corrected chi connectivity index (χ3v) is 4.65. The predicted molar refractivity (Wildman–Crippen MR) is 74.8 cm³/mol. The minimum absolute atomic E-state index is 0.0750. The minimum Gasteiger partial charge on any atom is -0.462 e. The van der Waals surface area contributed by atoms with Crippen molar-refractivity contribution >= 4 is 16.0 Å². The molecule has 20 heavy (non-hydrogen) atoms. The molecule has 2 N–H and O–H groups in total. The number of hydrogen-bond donors (Lipinski definition) is 1. The second-order valence-corrected chi connectivity index (χ2v) is 6.80. The van der Waals surface area contributed by atoms with Crippen molar-refractivity contribution in [1.29, 1.82) is 0 Å². The maximum Gasteiger partial charge on any atom is 0.338 e. The van der Waals surface area contributed by atoms with Crippen LogP contribution in [0.3, 0.4) is 0 Å². The van der Waals surface area contributed by atoms with Crippen LogP contribution in [0, 0.1) is 12.8 Å². The van der Waals surface area contributed by atoms with Gasteiger partial charge >= 0.3 is 5.97 Å². The number of carbonyl (C=O) groups excluding carboxylic acids is 1. The molecular formula is C14H19NO4S. The van der Waals surface area contributed by atoms with Crippen molar-refractivity contribution in [1.82, 2.24) is 0 Å². The zero-order valence-electron chi connectivity index (χ0n) is 11.5. The summed E-state index contributed by atoms with van der Waals surface area (Å²) in [6.07, 6.45) is 4.54. The number of nitrogens with two attached hydrogens (primary N) is 1. The van der Waals surface area contributed by atoms with E-state index < -0.39 is 16.0 Å². The molecule has 1 aromatic carbocycles. The zero-order valence-corrected chi connectivity index (χ0v) is 12.3. The van der Waals surface area contributed by atoms with Gasteiger partial charge < -0.3 is 4.74 Å². The molecule has 1 aliphatic carbocycles. The largest absolute Gasteiger partial charge is 0.462 e. The molecule has 0 atom stereocenters. The van der Waals surface area contributed by atoms with Gasteiger partial charge in [-0.2, -0.15) is 0 Å². The smallest absolute Gasteiger partial charge is 0.338 e. The van der Waals surface area contributed by atoms with Crippen LogP contribution < -0.4 is 5.14 Å². The van der Waals surface area contributed by atoms with Gasteiger partial charge in [0, 0.05) is 0 Å². The molecule has 1 fully saturated rings. The van der Waals surface area contributed by atoms with E-state index in [1.165, 1.54) is 31.4 Å². The molecule has 1 aliphatic rings. The van der Waals surface area contributed by atoms with Crippen molar-refractivity contribution in [2.45, 2.75) is 37.5 Å². The molecule has 2 rings (SSSR count). The van der Waals surface area contributed by atoms with Gasteiger partial charge in [-0.05, 0) is 37.0 Å². The fourth-order valence-corrected chi connectivity index (χ4v) is 2.72. The van der Waals surface area contributed by atoms with Crippen LogP contribution >= 0.6 is 0 Å². The van der Waals surface area contributed by atoms with E-state index in [0.717, 1.165) is 6.42 Å². The van der Waals surface area contributed by atoms with Crippen molar-refractivity contribution in [3.05, 3.63) is 29.3 Å². The number of rotatable bonds is 5. The highest BCUT2D eigenvalue weighted by Crippen LogP contribution is 2.29. The first kappa shape index (κ1) is 15.0. The number of sulfonamides is 1. The number of primary sulfonamides is 1. The normalized spacial score (nSPS) is 15.7. The van der Waals surface area contributed by atoms with E-state index in [9.17, 15) is 13.2 Å². The van der Waals surface area contributed by atoms with Gasteiger partial charge in [-0.15, -0.1) is 0 Å². The lowest BCUT2D eigenvalue weighted by Gasteiger charge is -2.24. The van der Waals surface area contributed by atoms with Crippen molar-refractivity contribution in [3.63, 3.8) is 0 Å². The summed E-state index contributed by atoms with van der Waals surface area (Å²) in [6, 6.07) is 4.22. The van der Waals surface area contributed by atoms with Gasteiger partial charge in [0.25, 0.3) is 0 Å². The molecule has 1 saturated carbocycles. The highest BCUT2D eigenvalue weighted by Gasteiger charge is 2.19. The van der Waals surface area contributed by atoms with E-state index in [4.69, 9.17) is 9.88 Å². The van der Waals surface area contributed by atoms with E-state index in [-0.39, 0.29) is 10.5 Å². The molecule has 0 saturated heterocycles. The van der Waals surface area contributed by atoms with Crippen molar-refractivity contribution in [3.8, 4) is 0 Å². The first-order chi connectivity index (χ1) is 9.38. The molecular weight excluding hydrogens is 278 g/mol. The first-order valence-corrected chi connectivity index (χ1v) is 8.23. The molecule has 0 radical (unpaired) electrons. The Morgan fingerprint density at radius 1 is 1.40 bits per heavy atom. The summed E-state index contributed by atoms with van der Waals surface area (Å²) in [4.78, 5) is 11.9. The van der Waals surface area contributed by atoms with Gasteiger partial charge in [-0.1, -0.05) is 25.3 Å². The third-order valence-electron chi connectivity index (χ3n) is 3.74. The van der Waals surface area contributed by atoms with Gasteiger partial charge in [-0.25, -0.2) is 18.4 Å². The number of esters is 1. The Labute approximate surface area is 119 Å². The Bertz CT molecular complexity index is 606. The summed E-state index contributed by atoms with van der Waals surface area (Å²) >= 11 is 0. The Kier molecular flexibility index (Phi) is 4.45. The molecule has 5 nitrogen and oxygen atoms in total. The number of ether oxygens (including phenoxy) is 1. The molecule has 0 aliphatic heterocycles. The number of benzene rings is 1. The summed E-state index contributed by atoms with van der Waals surface area (Å²) < 4.78 is 27.8. The Hall–Kier alpha value is -1.40. The number of hydrogen-bond acceptors (Lipinski definition) is 4. The van der Waals surface area contributed by atoms with Gasteiger partial charge in [0.1, 0.15) is 0 Å². The van der Waals surface area contributed by atoms with Crippen LogP contribution in [0.5, 0.6) is 0 Å². The van der Waals surface area contributed by atoms with Gasteiger partial charge in [-0.3, -0.25) is 0 Å². The van der Waals surface area contributed by atoms with E-state index in [2.05, 4.69) is 0 Å². The minimum atomic E-state index is -3.81. The van der Waals surface area contributed by atoms with E-state index >= 15 is 0 Å². The van der Waals surface area contributed by atoms with Gasteiger partial charge in [0.15, 0.2) is 0 Å². The zero-order chi connectivity index (χ0) is 14.8. The topological polar surface area (TPSA) is 86.5 Å². The maximum absolute atomic E-state index is 12.0. The lowest BCUT2D eigenvalue weighted by Crippen LogP contribution is -2.17. The van der Waals surface area contributed by atoms with E-state index in [1.54, 1.807) is 13.0 Å². The SMILES string of the molecule is Cc1ccc(S(N)(=O)=O)cc1C(=O)OCCC1CCC1. The van der Waals surface area contributed by atoms with Crippen molar-refractivity contribution in [2.75, 3.05) is 6.61 Å². The number of carbonyl (C=O) groups is 1. The Morgan fingerprint density at radius 3 is 2.65 bits per heavy atom. The lowest BCUT2D eigenvalue weighted by atomic mass is 9.83. The molecule has 0 bridgehead atoms. The Morgan fingerprint density at radius 2 is 2.10 bits per heavy atom. The van der Waals surface area contributed by atoms with Crippen LogP contribution in [0.1, 0.15) is 41.6 Å². The fourth-order valence-electron chi connectivity index (χ4n) is 2.18. The van der Waals surface area contributed by atoms with Crippen molar-refractivity contribution < 1.29 is 17.9 Å². The summed E-state index contributed by atoms with van der Waals surface area (Å²) in [5.41, 5.74) is 0.927. The second kappa shape index (κ2) is 5.93. The molecule has 0 aromatic heterocycles. The van der Waals surface area contributed by atoms with Gasteiger partial charge in [0.2, 0.25) is 10.0 Å². The molecule has 110 valence electrons. The standard InChI is InChI=1S/C14H19NO4S/c1-10-5-6-12(20(15,17)18)9-13(10)14(16)19-8-7-11-3-2-4-11/h5-6,9,11H,2-4,7-8H2,1H3,(H2,15,17,18). The van der Waals surface area contributed by atoms with Crippen molar-refractivity contribution in [2.24, 2.45) is 11.1 Å². The van der Waals surface area contributed by atoms with Crippen LogP contribution in [0.2, 0.25) is 0 Å². The molecule has 1 aromatic rings. The van der Waals surface area contributed by atoms with Gasteiger partial charge in [0.05, 0.1) is 17.1 Å². The first-order valence-electron chi connectivity index (χ1n) is 6.68. The quantitative estimate of drug-likeness (QED) is 0.842.